The first-order chi connectivity index (χ1) is 7.59. The highest BCUT2D eigenvalue weighted by atomic mass is 35.5. The molecule has 0 saturated carbocycles. The molecule has 0 aliphatic rings. The maximum atomic E-state index is 13.2. The van der Waals surface area contributed by atoms with E-state index in [4.69, 9.17) is 16.7 Å². The van der Waals surface area contributed by atoms with E-state index < -0.39 is 11.8 Å². The van der Waals surface area contributed by atoms with E-state index in [1.54, 1.807) is 12.1 Å². The van der Waals surface area contributed by atoms with Crippen LogP contribution in [-0.2, 0) is 0 Å². The van der Waals surface area contributed by atoms with Crippen LogP contribution in [0.2, 0.25) is 5.02 Å². The van der Waals surface area contributed by atoms with Crippen molar-refractivity contribution in [3.63, 3.8) is 0 Å². The average molecular weight is 240 g/mol. The Morgan fingerprint density at radius 2 is 2.12 bits per heavy atom. The van der Waals surface area contributed by atoms with Crippen LogP contribution in [0.4, 0.5) is 4.39 Å². The van der Waals surface area contributed by atoms with Crippen molar-refractivity contribution in [1.29, 1.82) is 0 Å². The summed E-state index contributed by atoms with van der Waals surface area (Å²) in [5.74, 6) is -1.66. The topological polar surface area (TPSA) is 53.1 Å². The van der Waals surface area contributed by atoms with Crippen LogP contribution < -0.4 is 0 Å². The predicted octanol–water partition coefficient (Wildman–Crippen LogP) is 3.17. The summed E-state index contributed by atoms with van der Waals surface area (Å²) in [6.07, 6.45) is 1.49. The van der Waals surface area contributed by atoms with Gasteiger partial charge in [-0.25, -0.2) is 9.18 Å². The SMILES string of the molecule is O=C(O)c1[nH]ccc1-c1ccc(Cl)c(F)c1. The number of hydrogen-bond donors (Lipinski definition) is 2. The first-order valence-corrected chi connectivity index (χ1v) is 4.83. The summed E-state index contributed by atoms with van der Waals surface area (Å²) in [7, 11) is 0. The van der Waals surface area contributed by atoms with E-state index in [0.29, 0.717) is 11.1 Å². The number of hydrogen-bond acceptors (Lipinski definition) is 1. The fourth-order valence-corrected chi connectivity index (χ4v) is 1.57. The van der Waals surface area contributed by atoms with Gasteiger partial charge in [0.25, 0.3) is 0 Å². The van der Waals surface area contributed by atoms with Gasteiger partial charge in [0.05, 0.1) is 5.02 Å². The molecule has 1 aromatic carbocycles. The largest absolute Gasteiger partial charge is 0.477 e. The van der Waals surface area contributed by atoms with Gasteiger partial charge in [-0.2, -0.15) is 0 Å². The number of nitrogens with one attached hydrogen (secondary N) is 1. The molecule has 0 aliphatic heterocycles. The second-order valence-electron chi connectivity index (χ2n) is 3.20. The lowest BCUT2D eigenvalue weighted by molar-refractivity contribution is 0.0692. The van der Waals surface area contributed by atoms with Crippen LogP contribution in [0, 0.1) is 5.82 Å². The molecule has 2 aromatic rings. The minimum absolute atomic E-state index is 0.0103. The number of halogens is 2. The second kappa shape index (κ2) is 3.98. The van der Waals surface area contributed by atoms with E-state index in [2.05, 4.69) is 4.98 Å². The average Bonchev–Trinajstić information content (AvgIpc) is 2.71. The summed E-state index contributed by atoms with van der Waals surface area (Å²) in [5.41, 5.74) is 0.935. The molecule has 0 atom stereocenters. The lowest BCUT2D eigenvalue weighted by atomic mass is 10.1. The Kier molecular flexibility index (Phi) is 2.66. The number of carbonyl (C=O) groups is 1. The number of carboxylic acid groups (broad SMARTS) is 1. The third-order valence-corrected chi connectivity index (χ3v) is 2.50. The van der Waals surface area contributed by atoms with Crippen LogP contribution in [0.25, 0.3) is 11.1 Å². The Balaban J connectivity index is 2.54. The zero-order chi connectivity index (χ0) is 11.7. The van der Waals surface area contributed by atoms with Gasteiger partial charge in [0, 0.05) is 11.8 Å². The minimum atomic E-state index is -1.09. The molecular weight excluding hydrogens is 233 g/mol. The highest BCUT2D eigenvalue weighted by Gasteiger charge is 2.13. The van der Waals surface area contributed by atoms with Gasteiger partial charge in [0.15, 0.2) is 0 Å². The normalized spacial score (nSPS) is 10.4. The smallest absolute Gasteiger partial charge is 0.352 e. The molecule has 3 nitrogen and oxygen atoms in total. The van der Waals surface area contributed by atoms with Gasteiger partial charge < -0.3 is 10.1 Å². The van der Waals surface area contributed by atoms with E-state index in [-0.39, 0.29) is 10.7 Å². The maximum absolute atomic E-state index is 13.2. The molecule has 16 heavy (non-hydrogen) atoms. The molecular formula is C11H7ClFNO2. The van der Waals surface area contributed by atoms with E-state index in [1.807, 2.05) is 0 Å². The Labute approximate surface area is 95.5 Å². The molecule has 0 spiro atoms. The third-order valence-electron chi connectivity index (χ3n) is 2.19. The van der Waals surface area contributed by atoms with Gasteiger partial charge in [-0.15, -0.1) is 0 Å². The lowest BCUT2D eigenvalue weighted by Gasteiger charge is -2.01. The predicted molar refractivity (Wildman–Crippen MR) is 58.2 cm³/mol. The zero-order valence-electron chi connectivity index (χ0n) is 8.00. The van der Waals surface area contributed by atoms with Crippen LogP contribution in [0.5, 0.6) is 0 Å². The van der Waals surface area contributed by atoms with Crippen molar-refractivity contribution in [1.82, 2.24) is 4.98 Å². The van der Waals surface area contributed by atoms with Crippen molar-refractivity contribution in [3.05, 3.63) is 47.0 Å². The van der Waals surface area contributed by atoms with Gasteiger partial charge in [-0.1, -0.05) is 17.7 Å². The van der Waals surface area contributed by atoms with Crippen molar-refractivity contribution >= 4 is 17.6 Å². The van der Waals surface area contributed by atoms with Crippen LogP contribution in [-0.4, -0.2) is 16.1 Å². The summed E-state index contributed by atoms with van der Waals surface area (Å²) in [6.45, 7) is 0. The third kappa shape index (κ3) is 1.79. The summed E-state index contributed by atoms with van der Waals surface area (Å²) < 4.78 is 13.2. The first-order valence-electron chi connectivity index (χ1n) is 4.45. The van der Waals surface area contributed by atoms with Crippen molar-refractivity contribution in [2.24, 2.45) is 0 Å². The molecule has 1 heterocycles. The standard InChI is InChI=1S/C11H7ClFNO2/c12-8-2-1-6(5-9(8)13)7-3-4-14-10(7)11(15)16/h1-5,14H,(H,15,16). The zero-order valence-corrected chi connectivity index (χ0v) is 8.75. The molecule has 0 amide bonds. The summed E-state index contributed by atoms with van der Waals surface area (Å²) in [6, 6.07) is 5.75. The highest BCUT2D eigenvalue weighted by molar-refractivity contribution is 6.30. The fourth-order valence-electron chi connectivity index (χ4n) is 1.45. The maximum Gasteiger partial charge on any atom is 0.352 e. The van der Waals surface area contributed by atoms with E-state index in [0.717, 1.165) is 0 Å². The van der Waals surface area contributed by atoms with Crippen LogP contribution in [0.15, 0.2) is 30.5 Å². The molecule has 82 valence electrons. The fraction of sp³-hybridized carbons (Fsp3) is 0. The van der Waals surface area contributed by atoms with Crippen molar-refractivity contribution < 1.29 is 14.3 Å². The van der Waals surface area contributed by atoms with Gasteiger partial charge in [0.2, 0.25) is 0 Å². The molecule has 0 fully saturated rings. The summed E-state index contributed by atoms with van der Waals surface area (Å²) in [4.78, 5) is 13.4. The van der Waals surface area contributed by atoms with E-state index in [1.165, 1.54) is 18.3 Å². The molecule has 0 bridgehead atoms. The molecule has 0 radical (unpaired) electrons. The van der Waals surface area contributed by atoms with Crippen molar-refractivity contribution in [2.45, 2.75) is 0 Å². The number of aromatic carboxylic acids is 1. The Bertz CT molecular complexity index is 551. The molecule has 2 rings (SSSR count). The molecule has 2 N–H and O–H groups in total. The van der Waals surface area contributed by atoms with Crippen molar-refractivity contribution in [3.8, 4) is 11.1 Å². The van der Waals surface area contributed by atoms with Gasteiger partial charge >= 0.3 is 5.97 Å². The monoisotopic (exact) mass is 239 g/mol. The minimum Gasteiger partial charge on any atom is -0.477 e. The molecule has 1 aromatic heterocycles. The molecule has 0 aliphatic carbocycles. The molecule has 0 saturated heterocycles. The second-order valence-corrected chi connectivity index (χ2v) is 3.61. The summed E-state index contributed by atoms with van der Waals surface area (Å²) >= 11 is 5.55. The highest BCUT2D eigenvalue weighted by Crippen LogP contribution is 2.26. The molecule has 5 heteroatoms. The van der Waals surface area contributed by atoms with Gasteiger partial charge in [0.1, 0.15) is 11.5 Å². The number of rotatable bonds is 2. The number of aromatic amines is 1. The number of H-pyrrole nitrogens is 1. The quantitative estimate of drug-likeness (QED) is 0.846. The van der Waals surface area contributed by atoms with Crippen LogP contribution in [0.1, 0.15) is 10.5 Å². The lowest BCUT2D eigenvalue weighted by Crippen LogP contribution is -1.98. The number of aromatic nitrogens is 1. The Hall–Kier alpha value is -1.81. The van der Waals surface area contributed by atoms with E-state index >= 15 is 0 Å². The Morgan fingerprint density at radius 3 is 2.75 bits per heavy atom. The van der Waals surface area contributed by atoms with Crippen molar-refractivity contribution in [2.75, 3.05) is 0 Å². The molecule has 0 unspecified atom stereocenters. The van der Waals surface area contributed by atoms with Gasteiger partial charge in [-0.3, -0.25) is 0 Å². The number of benzene rings is 1. The van der Waals surface area contributed by atoms with E-state index in [9.17, 15) is 9.18 Å². The van der Waals surface area contributed by atoms with Crippen LogP contribution in [0.3, 0.4) is 0 Å². The van der Waals surface area contributed by atoms with Crippen LogP contribution >= 0.6 is 11.6 Å². The Morgan fingerprint density at radius 1 is 1.38 bits per heavy atom. The first kappa shape index (κ1) is 10.7. The van der Waals surface area contributed by atoms with Gasteiger partial charge in [-0.05, 0) is 23.8 Å². The summed E-state index contributed by atoms with van der Waals surface area (Å²) in [5, 5.41) is 8.90. The number of carboxylic acids is 1.